The van der Waals surface area contributed by atoms with E-state index in [1.807, 2.05) is 0 Å². The predicted octanol–water partition coefficient (Wildman–Crippen LogP) is 1.90. The van der Waals surface area contributed by atoms with E-state index in [1.54, 1.807) is 30.3 Å². The number of carbonyl (C=O) groups is 1. The molecule has 0 radical (unpaired) electrons. The zero-order valence-corrected chi connectivity index (χ0v) is 11.9. The van der Waals surface area contributed by atoms with E-state index in [4.69, 9.17) is 4.55 Å². The second kappa shape index (κ2) is 6.81. The van der Waals surface area contributed by atoms with Gasteiger partial charge < -0.3 is 10.1 Å². The summed E-state index contributed by atoms with van der Waals surface area (Å²) in [5.41, 5.74) is 0.738. The second-order valence-corrected chi connectivity index (χ2v) is 5.71. The molecule has 0 heterocycles. The monoisotopic (exact) mass is 323 g/mol. The molecule has 0 aliphatic heterocycles. The Morgan fingerprint density at radius 1 is 1.38 bits per heavy atom. The molecule has 0 amide bonds. The Bertz CT molecular complexity index is 577. The van der Waals surface area contributed by atoms with Gasteiger partial charge in [0.2, 0.25) is 0 Å². The van der Waals surface area contributed by atoms with Gasteiger partial charge in [0, 0.05) is 12.2 Å². The van der Waals surface area contributed by atoms with Crippen molar-refractivity contribution in [2.24, 2.45) is 0 Å². The summed E-state index contributed by atoms with van der Waals surface area (Å²) in [6.07, 6.45) is -2.52. The Labute approximate surface area is 120 Å². The molecule has 1 atom stereocenters. The van der Waals surface area contributed by atoms with E-state index >= 15 is 0 Å². The maximum atomic E-state index is 13.1. The van der Waals surface area contributed by atoms with Gasteiger partial charge in [-0.25, -0.2) is 0 Å². The van der Waals surface area contributed by atoms with E-state index in [-0.39, 0.29) is 13.0 Å². The van der Waals surface area contributed by atoms with E-state index in [9.17, 15) is 22.0 Å². The van der Waals surface area contributed by atoms with Gasteiger partial charge in [0.25, 0.3) is 0 Å². The van der Waals surface area contributed by atoms with E-state index in [2.05, 4.69) is 10.1 Å². The molecular formula is C12H15F2NO5S. The minimum Gasteiger partial charge on any atom is -0.455 e. The molecule has 0 saturated carbocycles. The molecule has 0 aliphatic carbocycles. The summed E-state index contributed by atoms with van der Waals surface area (Å²) in [5, 5.41) is -1.68. The Balaban J connectivity index is 2.44. The summed E-state index contributed by atoms with van der Waals surface area (Å²) in [5.74, 6) is -1.01. The molecule has 2 N–H and O–H groups in total. The van der Waals surface area contributed by atoms with Crippen molar-refractivity contribution in [3.63, 3.8) is 0 Å². The zero-order chi connectivity index (χ0) is 16.1. The molecule has 0 aliphatic rings. The number of hydrogen-bond donors (Lipinski definition) is 2. The lowest BCUT2D eigenvalue weighted by Gasteiger charge is -2.20. The zero-order valence-electron chi connectivity index (χ0n) is 11.1. The van der Waals surface area contributed by atoms with Crippen molar-refractivity contribution in [1.82, 2.24) is 0 Å². The van der Waals surface area contributed by atoms with Crippen LogP contribution in [0.1, 0.15) is 13.3 Å². The third-order valence-corrected chi connectivity index (χ3v) is 3.58. The Kier molecular flexibility index (Phi) is 5.62. The van der Waals surface area contributed by atoms with Crippen LogP contribution in [-0.4, -0.2) is 36.8 Å². The standard InChI is InChI=1S/C12H15F2NO5S/c1-9(12(13,14)21(17,18)19)20-11(16)7-8-15-10-5-3-2-4-6-10/h2-6,9,15H,7-8H2,1H3,(H,17,18,19). The summed E-state index contributed by atoms with van der Waals surface area (Å²) in [4.78, 5) is 11.3. The highest BCUT2D eigenvalue weighted by molar-refractivity contribution is 7.86. The van der Waals surface area contributed by atoms with Gasteiger partial charge in [0.1, 0.15) is 0 Å². The van der Waals surface area contributed by atoms with E-state index in [0.717, 1.165) is 5.69 Å². The normalized spacial score (nSPS) is 13.5. The van der Waals surface area contributed by atoms with Crippen LogP contribution in [0.2, 0.25) is 0 Å². The predicted molar refractivity (Wildman–Crippen MR) is 71.6 cm³/mol. The fraction of sp³-hybridized carbons (Fsp3) is 0.417. The van der Waals surface area contributed by atoms with Crippen LogP contribution < -0.4 is 5.32 Å². The van der Waals surface area contributed by atoms with Crippen LogP contribution in [0.15, 0.2) is 30.3 Å². The molecular weight excluding hydrogens is 308 g/mol. The van der Waals surface area contributed by atoms with Crippen LogP contribution in [0.5, 0.6) is 0 Å². The third-order valence-electron chi connectivity index (χ3n) is 2.56. The van der Waals surface area contributed by atoms with E-state index in [0.29, 0.717) is 6.92 Å². The minimum atomic E-state index is -5.64. The summed E-state index contributed by atoms with van der Waals surface area (Å²) in [6, 6.07) is 8.85. The molecule has 0 aromatic heterocycles. The SMILES string of the molecule is CC(OC(=O)CCNc1ccccc1)C(F)(F)S(=O)(=O)O. The average molecular weight is 323 g/mol. The fourth-order valence-corrected chi connectivity index (χ4v) is 1.87. The maximum Gasteiger partial charge on any atom is 0.405 e. The average Bonchev–Trinajstić information content (AvgIpc) is 2.38. The fourth-order valence-electron chi connectivity index (χ4n) is 1.40. The molecule has 0 bridgehead atoms. The van der Waals surface area contributed by atoms with Gasteiger partial charge in [-0.05, 0) is 19.1 Å². The minimum absolute atomic E-state index is 0.132. The van der Waals surface area contributed by atoms with Crippen LogP contribution in [0.4, 0.5) is 14.5 Å². The number of anilines is 1. The number of alkyl halides is 2. The Morgan fingerprint density at radius 3 is 2.48 bits per heavy atom. The van der Waals surface area contributed by atoms with Crippen LogP contribution in [0.3, 0.4) is 0 Å². The molecule has 1 aromatic carbocycles. The number of ether oxygens (including phenoxy) is 1. The van der Waals surface area contributed by atoms with Gasteiger partial charge in [-0.1, -0.05) is 18.2 Å². The summed E-state index contributed by atoms with van der Waals surface area (Å²) >= 11 is 0. The lowest BCUT2D eigenvalue weighted by molar-refractivity contribution is -0.159. The number of para-hydroxylation sites is 1. The first kappa shape index (κ1) is 17.3. The number of hydrogen-bond acceptors (Lipinski definition) is 5. The highest BCUT2D eigenvalue weighted by Gasteiger charge is 2.51. The first-order chi connectivity index (χ1) is 9.64. The van der Waals surface area contributed by atoms with Crippen molar-refractivity contribution in [3.8, 4) is 0 Å². The van der Waals surface area contributed by atoms with Crippen molar-refractivity contribution in [2.45, 2.75) is 24.7 Å². The largest absolute Gasteiger partial charge is 0.455 e. The first-order valence-electron chi connectivity index (χ1n) is 5.98. The van der Waals surface area contributed by atoms with Crippen LogP contribution in [-0.2, 0) is 19.6 Å². The Morgan fingerprint density at radius 2 is 1.95 bits per heavy atom. The lowest BCUT2D eigenvalue weighted by Crippen LogP contribution is -2.42. The van der Waals surface area contributed by atoms with Crippen molar-refractivity contribution in [1.29, 1.82) is 0 Å². The smallest absolute Gasteiger partial charge is 0.405 e. The van der Waals surface area contributed by atoms with Crippen LogP contribution in [0, 0.1) is 0 Å². The number of benzene rings is 1. The molecule has 1 unspecified atom stereocenters. The second-order valence-electron chi connectivity index (χ2n) is 4.21. The van der Waals surface area contributed by atoms with Gasteiger partial charge in [0.15, 0.2) is 6.10 Å². The first-order valence-corrected chi connectivity index (χ1v) is 7.42. The number of esters is 1. The van der Waals surface area contributed by atoms with Crippen molar-refractivity contribution in [3.05, 3.63) is 30.3 Å². The van der Waals surface area contributed by atoms with E-state index in [1.165, 1.54) is 0 Å². The van der Waals surface area contributed by atoms with Gasteiger partial charge in [-0.3, -0.25) is 9.35 Å². The van der Waals surface area contributed by atoms with Crippen LogP contribution in [0.25, 0.3) is 0 Å². The quantitative estimate of drug-likeness (QED) is 0.588. The Hall–Kier alpha value is -1.74. The molecule has 1 aromatic rings. The maximum absolute atomic E-state index is 13.1. The summed E-state index contributed by atoms with van der Waals surface area (Å²) in [7, 11) is -5.64. The molecule has 0 saturated heterocycles. The number of halogens is 2. The lowest BCUT2D eigenvalue weighted by atomic mass is 10.3. The van der Waals surface area contributed by atoms with Gasteiger partial charge in [-0.2, -0.15) is 17.2 Å². The highest BCUT2D eigenvalue weighted by Crippen LogP contribution is 2.27. The van der Waals surface area contributed by atoms with Gasteiger partial charge in [0.05, 0.1) is 6.42 Å². The molecule has 0 spiro atoms. The molecule has 21 heavy (non-hydrogen) atoms. The molecule has 1 rings (SSSR count). The highest BCUT2D eigenvalue weighted by atomic mass is 32.2. The van der Waals surface area contributed by atoms with Gasteiger partial charge in [-0.15, -0.1) is 0 Å². The number of nitrogens with one attached hydrogen (secondary N) is 1. The third kappa shape index (κ3) is 4.94. The number of carbonyl (C=O) groups excluding carboxylic acids is 1. The van der Waals surface area contributed by atoms with Crippen molar-refractivity contribution >= 4 is 21.8 Å². The van der Waals surface area contributed by atoms with Crippen molar-refractivity contribution in [2.75, 3.05) is 11.9 Å². The molecule has 0 fully saturated rings. The van der Waals surface area contributed by atoms with Crippen molar-refractivity contribution < 1.29 is 31.3 Å². The van der Waals surface area contributed by atoms with Gasteiger partial charge >= 0.3 is 21.3 Å². The topological polar surface area (TPSA) is 92.7 Å². The molecule has 6 nitrogen and oxygen atoms in total. The summed E-state index contributed by atoms with van der Waals surface area (Å²) in [6.45, 7) is 0.823. The summed E-state index contributed by atoms with van der Waals surface area (Å²) < 4.78 is 59.9. The molecule has 9 heteroatoms. The van der Waals surface area contributed by atoms with E-state index < -0.39 is 27.4 Å². The number of rotatable bonds is 7. The van der Waals surface area contributed by atoms with Crippen LogP contribution >= 0.6 is 0 Å². The molecule has 118 valence electrons.